The van der Waals surface area contributed by atoms with E-state index in [9.17, 15) is 9.18 Å². The number of carbonyl (C=O) groups excluding carboxylic acids is 1. The van der Waals surface area contributed by atoms with Crippen LogP contribution < -0.4 is 10.1 Å². The zero-order chi connectivity index (χ0) is 17.1. The van der Waals surface area contributed by atoms with Crippen molar-refractivity contribution in [2.75, 3.05) is 7.11 Å². The largest absolute Gasteiger partial charge is 0.497 e. The Balaban J connectivity index is 1.53. The smallest absolute Gasteiger partial charge is 0.407 e. The van der Waals surface area contributed by atoms with Crippen LogP contribution >= 0.6 is 0 Å². The van der Waals surface area contributed by atoms with Crippen LogP contribution in [0.3, 0.4) is 0 Å². The van der Waals surface area contributed by atoms with E-state index in [0.29, 0.717) is 18.4 Å². The van der Waals surface area contributed by atoms with Crippen LogP contribution in [-0.4, -0.2) is 24.2 Å². The minimum Gasteiger partial charge on any atom is -0.497 e. The SMILES string of the molecule is COc1ccc(COC(=O)NC2Cc3c(F)cnc(C)c3C2)cc1. The fraction of sp³-hybridized carbons (Fsp3) is 0.333. The number of ether oxygens (including phenoxy) is 2. The Labute approximate surface area is 139 Å². The van der Waals surface area contributed by atoms with Gasteiger partial charge in [-0.2, -0.15) is 0 Å². The summed E-state index contributed by atoms with van der Waals surface area (Å²) in [5, 5.41) is 2.79. The Kier molecular flexibility index (Phi) is 4.64. The number of hydrogen-bond donors (Lipinski definition) is 1. The van der Waals surface area contributed by atoms with E-state index in [4.69, 9.17) is 9.47 Å². The third-order valence-electron chi connectivity index (χ3n) is 4.21. The van der Waals surface area contributed by atoms with Crippen molar-refractivity contribution in [3.8, 4) is 5.75 Å². The first-order valence-electron chi connectivity index (χ1n) is 7.76. The zero-order valence-electron chi connectivity index (χ0n) is 13.6. The number of rotatable bonds is 4. The van der Waals surface area contributed by atoms with Crippen LogP contribution in [0.2, 0.25) is 0 Å². The number of aryl methyl sites for hydroxylation is 1. The maximum atomic E-state index is 13.8. The number of carbonyl (C=O) groups is 1. The molecule has 1 N–H and O–H groups in total. The van der Waals surface area contributed by atoms with Crippen LogP contribution in [0.15, 0.2) is 30.5 Å². The summed E-state index contributed by atoms with van der Waals surface area (Å²) in [7, 11) is 1.60. The second-order valence-corrected chi connectivity index (χ2v) is 5.82. The summed E-state index contributed by atoms with van der Waals surface area (Å²) in [4.78, 5) is 16.0. The van der Waals surface area contributed by atoms with Crippen molar-refractivity contribution < 1.29 is 18.7 Å². The first kappa shape index (κ1) is 16.2. The van der Waals surface area contributed by atoms with Crippen LogP contribution in [0.1, 0.15) is 22.4 Å². The molecule has 1 aliphatic carbocycles. The van der Waals surface area contributed by atoms with E-state index in [-0.39, 0.29) is 18.5 Å². The third kappa shape index (κ3) is 3.48. The lowest BCUT2D eigenvalue weighted by Crippen LogP contribution is -2.35. The highest BCUT2D eigenvalue weighted by atomic mass is 19.1. The molecular formula is C18H19FN2O3. The molecule has 1 aromatic heterocycles. The summed E-state index contributed by atoms with van der Waals surface area (Å²) in [5.74, 6) is 0.435. The Morgan fingerprint density at radius 3 is 2.67 bits per heavy atom. The molecule has 1 aliphatic rings. The van der Waals surface area contributed by atoms with E-state index in [0.717, 1.165) is 22.6 Å². The lowest BCUT2D eigenvalue weighted by Gasteiger charge is -2.12. The van der Waals surface area contributed by atoms with Crippen molar-refractivity contribution >= 4 is 6.09 Å². The summed E-state index contributed by atoms with van der Waals surface area (Å²) in [6.45, 7) is 2.02. The van der Waals surface area contributed by atoms with Gasteiger partial charge in [0.25, 0.3) is 0 Å². The molecule has 1 atom stereocenters. The van der Waals surface area contributed by atoms with Gasteiger partial charge < -0.3 is 14.8 Å². The van der Waals surface area contributed by atoms with E-state index in [2.05, 4.69) is 10.3 Å². The number of nitrogens with one attached hydrogen (secondary N) is 1. The zero-order valence-corrected chi connectivity index (χ0v) is 13.6. The normalized spacial score (nSPS) is 15.7. The molecule has 24 heavy (non-hydrogen) atoms. The molecule has 0 bridgehead atoms. The average Bonchev–Trinajstić information content (AvgIpc) is 3.02. The topological polar surface area (TPSA) is 60.5 Å². The van der Waals surface area contributed by atoms with Gasteiger partial charge >= 0.3 is 6.09 Å². The summed E-state index contributed by atoms with van der Waals surface area (Å²) in [5.41, 5.74) is 3.20. The maximum absolute atomic E-state index is 13.8. The maximum Gasteiger partial charge on any atom is 0.407 e. The van der Waals surface area contributed by atoms with Gasteiger partial charge in [0.05, 0.1) is 13.3 Å². The molecule has 0 radical (unpaired) electrons. The molecule has 2 aromatic rings. The van der Waals surface area contributed by atoms with Crippen molar-refractivity contribution in [3.05, 3.63) is 58.7 Å². The Morgan fingerprint density at radius 1 is 1.29 bits per heavy atom. The van der Waals surface area contributed by atoms with Crippen molar-refractivity contribution in [1.82, 2.24) is 10.3 Å². The molecule has 0 saturated heterocycles. The van der Waals surface area contributed by atoms with E-state index in [1.807, 2.05) is 31.2 Å². The lowest BCUT2D eigenvalue weighted by atomic mass is 10.1. The summed E-state index contributed by atoms with van der Waals surface area (Å²) < 4.78 is 24.1. The molecule has 6 heteroatoms. The molecule has 1 heterocycles. The summed E-state index contributed by atoms with van der Waals surface area (Å²) >= 11 is 0. The minimum atomic E-state index is -0.505. The van der Waals surface area contributed by atoms with E-state index in [1.165, 1.54) is 6.20 Å². The number of pyridine rings is 1. The summed E-state index contributed by atoms with van der Waals surface area (Å²) in [6, 6.07) is 7.12. The number of alkyl carbamates (subject to hydrolysis) is 1. The van der Waals surface area contributed by atoms with Crippen molar-refractivity contribution in [2.24, 2.45) is 0 Å². The van der Waals surface area contributed by atoms with Gasteiger partial charge in [-0.3, -0.25) is 4.98 Å². The molecule has 126 valence electrons. The summed E-state index contributed by atoms with van der Waals surface area (Å²) in [6.07, 6.45) is 1.76. The number of amides is 1. The Morgan fingerprint density at radius 2 is 2.00 bits per heavy atom. The highest BCUT2D eigenvalue weighted by Gasteiger charge is 2.27. The fourth-order valence-electron chi connectivity index (χ4n) is 2.91. The number of halogens is 1. The van der Waals surface area contributed by atoms with Gasteiger partial charge in [-0.05, 0) is 48.6 Å². The monoisotopic (exact) mass is 330 g/mol. The van der Waals surface area contributed by atoms with Crippen molar-refractivity contribution in [1.29, 1.82) is 0 Å². The van der Waals surface area contributed by atoms with Crippen molar-refractivity contribution in [2.45, 2.75) is 32.4 Å². The molecule has 0 saturated carbocycles. The van der Waals surface area contributed by atoms with Gasteiger partial charge in [0.2, 0.25) is 0 Å². The van der Waals surface area contributed by atoms with Gasteiger partial charge in [-0.1, -0.05) is 12.1 Å². The Bertz CT molecular complexity index is 716. The van der Waals surface area contributed by atoms with Crippen LogP contribution in [0.5, 0.6) is 5.75 Å². The molecule has 0 fully saturated rings. The molecule has 0 aliphatic heterocycles. The molecule has 5 nitrogen and oxygen atoms in total. The number of hydrogen-bond acceptors (Lipinski definition) is 4. The molecule has 1 amide bonds. The fourth-order valence-corrected chi connectivity index (χ4v) is 2.91. The first-order valence-corrected chi connectivity index (χ1v) is 7.76. The molecule has 3 rings (SSSR count). The van der Waals surface area contributed by atoms with E-state index in [1.54, 1.807) is 7.11 Å². The number of methoxy groups -OCH3 is 1. The second-order valence-electron chi connectivity index (χ2n) is 5.82. The molecule has 1 aromatic carbocycles. The number of fused-ring (bicyclic) bond motifs is 1. The van der Waals surface area contributed by atoms with Gasteiger partial charge in [-0.25, -0.2) is 9.18 Å². The number of benzene rings is 1. The van der Waals surface area contributed by atoms with Crippen molar-refractivity contribution in [3.63, 3.8) is 0 Å². The van der Waals surface area contributed by atoms with Gasteiger partial charge in [0, 0.05) is 11.7 Å². The lowest BCUT2D eigenvalue weighted by molar-refractivity contribution is 0.136. The van der Waals surface area contributed by atoms with E-state index < -0.39 is 6.09 Å². The van der Waals surface area contributed by atoms with Crippen LogP contribution in [-0.2, 0) is 24.2 Å². The first-order chi connectivity index (χ1) is 11.6. The second kappa shape index (κ2) is 6.86. The predicted octanol–water partition coefficient (Wildman–Crippen LogP) is 2.93. The van der Waals surface area contributed by atoms with Crippen LogP contribution in [0, 0.1) is 12.7 Å². The van der Waals surface area contributed by atoms with E-state index >= 15 is 0 Å². The van der Waals surface area contributed by atoms with Gasteiger partial charge in [0.1, 0.15) is 18.2 Å². The van der Waals surface area contributed by atoms with Crippen LogP contribution in [0.25, 0.3) is 0 Å². The number of nitrogens with zero attached hydrogens (tertiary/aromatic N) is 1. The quantitative estimate of drug-likeness (QED) is 0.936. The highest BCUT2D eigenvalue weighted by molar-refractivity contribution is 5.68. The highest BCUT2D eigenvalue weighted by Crippen LogP contribution is 2.26. The molecule has 1 unspecified atom stereocenters. The minimum absolute atomic E-state index is 0.166. The van der Waals surface area contributed by atoms with Crippen LogP contribution in [0.4, 0.5) is 9.18 Å². The third-order valence-corrected chi connectivity index (χ3v) is 4.21. The standard InChI is InChI=1S/C18H19FN2O3/c1-11-15-7-13(8-16(15)17(19)9-20-11)21-18(22)24-10-12-3-5-14(23-2)6-4-12/h3-6,9,13H,7-8,10H2,1-2H3,(H,21,22). The molecular weight excluding hydrogens is 311 g/mol. The Hall–Kier alpha value is -2.63. The molecule has 0 spiro atoms. The average molecular weight is 330 g/mol. The van der Waals surface area contributed by atoms with Gasteiger partial charge in [-0.15, -0.1) is 0 Å². The predicted molar refractivity (Wildman–Crippen MR) is 86.4 cm³/mol. The van der Waals surface area contributed by atoms with Gasteiger partial charge in [0.15, 0.2) is 0 Å². The number of aromatic nitrogens is 1.